The fourth-order valence-corrected chi connectivity index (χ4v) is 1.92. The number of hydrogen-bond donors (Lipinski definition) is 2. The summed E-state index contributed by atoms with van der Waals surface area (Å²) < 4.78 is 13.6. The molecular formula is C14H19FN2O4. The number of carboxylic acids is 1. The highest BCUT2D eigenvalue weighted by Crippen LogP contribution is 2.28. The Kier molecular flexibility index (Phi) is 6.08. The predicted molar refractivity (Wildman–Crippen MR) is 77.2 cm³/mol. The molecule has 7 heteroatoms. The quantitative estimate of drug-likeness (QED) is 0.434. The van der Waals surface area contributed by atoms with Crippen molar-refractivity contribution in [1.82, 2.24) is 0 Å². The van der Waals surface area contributed by atoms with Crippen LogP contribution < -0.4 is 5.32 Å². The van der Waals surface area contributed by atoms with Crippen LogP contribution in [0.4, 0.5) is 15.8 Å². The first-order valence-corrected chi connectivity index (χ1v) is 6.78. The van der Waals surface area contributed by atoms with Crippen molar-refractivity contribution in [3.05, 3.63) is 33.6 Å². The Hall–Kier alpha value is -2.18. The first kappa shape index (κ1) is 16.9. The molecule has 0 aliphatic rings. The molecule has 0 saturated carbocycles. The van der Waals surface area contributed by atoms with Gasteiger partial charge in [-0.3, -0.25) is 10.1 Å². The van der Waals surface area contributed by atoms with Gasteiger partial charge in [0.2, 0.25) is 0 Å². The van der Waals surface area contributed by atoms with E-state index in [-0.39, 0.29) is 5.69 Å². The van der Waals surface area contributed by atoms with Gasteiger partial charge in [0.15, 0.2) is 0 Å². The van der Waals surface area contributed by atoms with Gasteiger partial charge in [0, 0.05) is 18.7 Å². The first-order valence-electron chi connectivity index (χ1n) is 6.78. The third-order valence-corrected chi connectivity index (χ3v) is 3.04. The molecule has 0 spiro atoms. The lowest BCUT2D eigenvalue weighted by Gasteiger charge is -2.09. The van der Waals surface area contributed by atoms with E-state index >= 15 is 0 Å². The third kappa shape index (κ3) is 5.02. The van der Waals surface area contributed by atoms with Crippen molar-refractivity contribution in [3.8, 4) is 0 Å². The number of carbonyl (C=O) groups is 1. The molecule has 0 aliphatic carbocycles. The highest BCUT2D eigenvalue weighted by molar-refractivity contribution is 5.90. The SMILES string of the molecule is CC(C)CCCCNc1cc(F)c(C(=O)O)cc1[N+](=O)[O-]. The summed E-state index contributed by atoms with van der Waals surface area (Å²) in [6.45, 7) is 4.69. The molecule has 2 N–H and O–H groups in total. The van der Waals surface area contributed by atoms with Crippen molar-refractivity contribution in [2.24, 2.45) is 5.92 Å². The second-order valence-corrected chi connectivity index (χ2v) is 5.23. The Morgan fingerprint density at radius 3 is 2.62 bits per heavy atom. The summed E-state index contributed by atoms with van der Waals surface area (Å²) in [6, 6.07) is 1.61. The van der Waals surface area contributed by atoms with Gasteiger partial charge in [-0.1, -0.05) is 26.7 Å². The van der Waals surface area contributed by atoms with Gasteiger partial charge in [0.05, 0.1) is 4.92 Å². The van der Waals surface area contributed by atoms with Gasteiger partial charge in [0.25, 0.3) is 5.69 Å². The molecule has 0 amide bonds. The molecule has 0 aromatic heterocycles. The summed E-state index contributed by atoms with van der Waals surface area (Å²) >= 11 is 0. The highest BCUT2D eigenvalue weighted by Gasteiger charge is 2.21. The third-order valence-electron chi connectivity index (χ3n) is 3.04. The van der Waals surface area contributed by atoms with Gasteiger partial charge in [0.1, 0.15) is 17.1 Å². The molecule has 0 saturated heterocycles. The molecule has 0 aliphatic heterocycles. The van der Waals surface area contributed by atoms with Crippen molar-refractivity contribution in [2.75, 3.05) is 11.9 Å². The molecule has 0 unspecified atom stereocenters. The highest BCUT2D eigenvalue weighted by atomic mass is 19.1. The number of unbranched alkanes of at least 4 members (excludes halogenated alkanes) is 1. The average molecular weight is 298 g/mol. The van der Waals surface area contributed by atoms with E-state index in [0.717, 1.165) is 31.4 Å². The zero-order valence-electron chi connectivity index (χ0n) is 12.1. The van der Waals surface area contributed by atoms with Gasteiger partial charge in [-0.2, -0.15) is 0 Å². The number of nitro groups is 1. The Morgan fingerprint density at radius 2 is 2.10 bits per heavy atom. The van der Waals surface area contributed by atoms with E-state index in [9.17, 15) is 19.3 Å². The largest absolute Gasteiger partial charge is 0.478 e. The minimum atomic E-state index is -1.53. The maximum absolute atomic E-state index is 13.6. The number of nitro benzene ring substituents is 1. The maximum atomic E-state index is 13.6. The lowest BCUT2D eigenvalue weighted by atomic mass is 10.1. The summed E-state index contributed by atoms with van der Waals surface area (Å²) in [5.74, 6) is -1.93. The van der Waals surface area contributed by atoms with E-state index in [1.807, 2.05) is 0 Å². The summed E-state index contributed by atoms with van der Waals surface area (Å²) in [4.78, 5) is 21.0. The van der Waals surface area contributed by atoms with Gasteiger partial charge >= 0.3 is 5.97 Å². The number of hydrogen-bond acceptors (Lipinski definition) is 4. The Morgan fingerprint density at radius 1 is 1.43 bits per heavy atom. The van der Waals surface area contributed by atoms with E-state index < -0.39 is 28.0 Å². The zero-order chi connectivity index (χ0) is 16.0. The van der Waals surface area contributed by atoms with Crippen LogP contribution in [-0.4, -0.2) is 22.5 Å². The van der Waals surface area contributed by atoms with E-state index in [1.54, 1.807) is 0 Å². The maximum Gasteiger partial charge on any atom is 0.338 e. The Balaban J connectivity index is 2.79. The number of anilines is 1. The fraction of sp³-hybridized carbons (Fsp3) is 0.500. The minimum Gasteiger partial charge on any atom is -0.478 e. The van der Waals surface area contributed by atoms with Gasteiger partial charge in [-0.15, -0.1) is 0 Å². The van der Waals surface area contributed by atoms with Crippen molar-refractivity contribution >= 4 is 17.3 Å². The van der Waals surface area contributed by atoms with Crippen molar-refractivity contribution in [3.63, 3.8) is 0 Å². The normalized spacial score (nSPS) is 10.7. The molecule has 6 nitrogen and oxygen atoms in total. The van der Waals surface area contributed by atoms with Crippen LogP contribution in [0.1, 0.15) is 43.5 Å². The molecule has 0 heterocycles. The Bertz CT molecular complexity index is 532. The molecule has 21 heavy (non-hydrogen) atoms. The van der Waals surface area contributed by atoms with Crippen LogP contribution in [-0.2, 0) is 0 Å². The molecular weight excluding hydrogens is 279 g/mol. The number of nitrogens with zero attached hydrogens (tertiary/aromatic N) is 1. The summed E-state index contributed by atoms with van der Waals surface area (Å²) in [6.07, 6.45) is 2.82. The lowest BCUT2D eigenvalue weighted by molar-refractivity contribution is -0.384. The molecule has 1 rings (SSSR count). The van der Waals surface area contributed by atoms with Crippen LogP contribution in [0.15, 0.2) is 12.1 Å². The smallest absolute Gasteiger partial charge is 0.338 e. The molecule has 0 radical (unpaired) electrons. The molecule has 1 aromatic rings. The molecule has 116 valence electrons. The second-order valence-electron chi connectivity index (χ2n) is 5.23. The zero-order valence-corrected chi connectivity index (χ0v) is 12.1. The number of aromatic carboxylic acids is 1. The monoisotopic (exact) mass is 298 g/mol. The van der Waals surface area contributed by atoms with E-state index in [4.69, 9.17) is 5.11 Å². The van der Waals surface area contributed by atoms with Crippen LogP contribution in [0.2, 0.25) is 0 Å². The topological polar surface area (TPSA) is 92.5 Å². The summed E-state index contributed by atoms with van der Waals surface area (Å²) in [7, 11) is 0. The van der Waals surface area contributed by atoms with E-state index in [1.165, 1.54) is 0 Å². The fourth-order valence-electron chi connectivity index (χ4n) is 1.92. The average Bonchev–Trinajstić information content (AvgIpc) is 2.37. The van der Waals surface area contributed by atoms with Gasteiger partial charge < -0.3 is 10.4 Å². The van der Waals surface area contributed by atoms with Crippen LogP contribution in [0.25, 0.3) is 0 Å². The Labute approximate surface area is 122 Å². The van der Waals surface area contributed by atoms with Crippen LogP contribution in [0.3, 0.4) is 0 Å². The van der Waals surface area contributed by atoms with Crippen LogP contribution in [0, 0.1) is 21.8 Å². The van der Waals surface area contributed by atoms with Crippen LogP contribution in [0.5, 0.6) is 0 Å². The lowest BCUT2D eigenvalue weighted by Crippen LogP contribution is -2.08. The van der Waals surface area contributed by atoms with Gasteiger partial charge in [-0.25, -0.2) is 9.18 Å². The number of carboxylic acid groups (broad SMARTS) is 1. The van der Waals surface area contributed by atoms with Crippen molar-refractivity contribution in [1.29, 1.82) is 0 Å². The minimum absolute atomic E-state index is 0.00652. The second kappa shape index (κ2) is 7.56. The first-order chi connectivity index (χ1) is 9.82. The summed E-state index contributed by atoms with van der Waals surface area (Å²) in [5.41, 5.74) is -1.13. The predicted octanol–water partition coefficient (Wildman–Crippen LogP) is 3.67. The van der Waals surface area contributed by atoms with Gasteiger partial charge in [-0.05, 0) is 12.3 Å². The van der Waals surface area contributed by atoms with Crippen molar-refractivity contribution in [2.45, 2.75) is 33.1 Å². The van der Waals surface area contributed by atoms with E-state index in [2.05, 4.69) is 19.2 Å². The van der Waals surface area contributed by atoms with Crippen LogP contribution >= 0.6 is 0 Å². The number of nitrogens with one attached hydrogen (secondary N) is 1. The summed E-state index contributed by atoms with van der Waals surface area (Å²) in [5, 5.41) is 22.5. The number of rotatable bonds is 8. The molecule has 0 atom stereocenters. The number of benzene rings is 1. The molecule has 1 aromatic carbocycles. The van der Waals surface area contributed by atoms with E-state index in [0.29, 0.717) is 12.5 Å². The molecule has 0 bridgehead atoms. The molecule has 0 fully saturated rings. The standard InChI is InChI=1S/C14H19FN2O4/c1-9(2)5-3-4-6-16-12-8-11(15)10(14(18)19)7-13(12)17(20)21/h7-9,16H,3-6H2,1-2H3,(H,18,19). The van der Waals surface area contributed by atoms with Crippen molar-refractivity contribution < 1.29 is 19.2 Å². The number of halogens is 1.